The van der Waals surface area contributed by atoms with Crippen molar-refractivity contribution in [3.63, 3.8) is 0 Å². The van der Waals surface area contributed by atoms with Crippen molar-refractivity contribution in [2.24, 2.45) is 5.14 Å². The van der Waals surface area contributed by atoms with Crippen LogP contribution in [0.1, 0.15) is 15.2 Å². The lowest BCUT2D eigenvalue weighted by atomic mass is 10.1. The first-order valence-electron chi connectivity index (χ1n) is 9.81. The van der Waals surface area contributed by atoms with Crippen molar-refractivity contribution in [3.05, 3.63) is 59.0 Å². The van der Waals surface area contributed by atoms with Crippen LogP contribution < -0.4 is 19.9 Å². The minimum atomic E-state index is -3.93. The number of carbonyl (C=O) groups excluding carboxylic acids is 2. The molecule has 0 fully saturated rings. The normalized spacial score (nSPS) is 12.8. The summed E-state index contributed by atoms with van der Waals surface area (Å²) in [5.74, 6) is 0.0656. The average molecular weight is 489 g/mol. The summed E-state index contributed by atoms with van der Waals surface area (Å²) in [5, 5.41) is 7.67. The summed E-state index contributed by atoms with van der Waals surface area (Å²) in [6, 6.07) is 13.2. The molecule has 11 heteroatoms. The molecular weight excluding hydrogens is 468 g/mol. The molecule has 0 atom stereocenters. The van der Waals surface area contributed by atoms with E-state index in [1.165, 1.54) is 29.5 Å². The van der Waals surface area contributed by atoms with Crippen molar-refractivity contribution in [2.75, 3.05) is 25.1 Å². The second-order valence-corrected chi connectivity index (χ2v) is 9.79. The molecule has 33 heavy (non-hydrogen) atoms. The van der Waals surface area contributed by atoms with Gasteiger partial charge in [-0.3, -0.25) is 4.79 Å². The first-order chi connectivity index (χ1) is 15.7. The maximum absolute atomic E-state index is 12.4. The topological polar surface area (TPSA) is 134 Å². The van der Waals surface area contributed by atoms with Crippen LogP contribution in [0.4, 0.5) is 5.69 Å². The maximum Gasteiger partial charge on any atom is 0.348 e. The van der Waals surface area contributed by atoms with E-state index >= 15 is 0 Å². The Morgan fingerprint density at radius 1 is 1.06 bits per heavy atom. The molecule has 4 rings (SSSR count). The first-order valence-corrected chi connectivity index (χ1v) is 12.2. The number of rotatable bonds is 6. The van der Waals surface area contributed by atoms with E-state index in [0.717, 1.165) is 10.4 Å². The van der Waals surface area contributed by atoms with Crippen LogP contribution in [-0.4, -0.2) is 40.1 Å². The number of nitrogens with one attached hydrogen (secondary N) is 1. The largest absolute Gasteiger partial charge is 0.486 e. The molecule has 3 aromatic rings. The molecule has 0 unspecified atom stereocenters. The van der Waals surface area contributed by atoms with E-state index in [1.807, 2.05) is 18.2 Å². The van der Waals surface area contributed by atoms with E-state index in [-0.39, 0.29) is 10.6 Å². The molecule has 2 aromatic carbocycles. The maximum atomic E-state index is 12.4. The van der Waals surface area contributed by atoms with E-state index in [1.54, 1.807) is 19.1 Å². The summed E-state index contributed by atoms with van der Waals surface area (Å²) in [5.41, 5.74) is 1.54. The van der Waals surface area contributed by atoms with Gasteiger partial charge in [0.1, 0.15) is 18.1 Å². The number of esters is 1. The Hall–Kier alpha value is -3.41. The van der Waals surface area contributed by atoms with Crippen molar-refractivity contribution in [2.45, 2.75) is 11.8 Å². The Kier molecular flexibility index (Phi) is 6.36. The third-order valence-electron chi connectivity index (χ3n) is 4.75. The predicted octanol–water partition coefficient (Wildman–Crippen LogP) is 2.94. The fourth-order valence-corrected chi connectivity index (χ4v) is 4.89. The molecule has 0 aliphatic carbocycles. The van der Waals surface area contributed by atoms with Crippen molar-refractivity contribution in [1.82, 2.24) is 0 Å². The van der Waals surface area contributed by atoms with Gasteiger partial charge < -0.3 is 19.5 Å². The molecule has 1 aliphatic rings. The van der Waals surface area contributed by atoms with Gasteiger partial charge in [-0.15, -0.1) is 11.3 Å². The number of anilines is 1. The Bertz CT molecular complexity index is 1330. The highest BCUT2D eigenvalue weighted by Gasteiger charge is 2.17. The van der Waals surface area contributed by atoms with E-state index in [2.05, 4.69) is 5.32 Å². The molecule has 9 nitrogen and oxygen atoms in total. The van der Waals surface area contributed by atoms with Crippen molar-refractivity contribution < 1.29 is 32.2 Å². The SMILES string of the molecule is Cc1ccc(NC(=O)COC(=O)c2ccc(-c3ccc4c(c3)OCCO4)s2)cc1S(N)(=O)=O. The average Bonchev–Trinajstić information content (AvgIpc) is 3.28. The third-order valence-corrected chi connectivity index (χ3v) is 6.91. The molecule has 0 radical (unpaired) electrons. The zero-order valence-electron chi connectivity index (χ0n) is 17.5. The summed E-state index contributed by atoms with van der Waals surface area (Å²) in [6.07, 6.45) is 0. The lowest BCUT2D eigenvalue weighted by molar-refractivity contribution is -0.119. The molecular formula is C22H20N2O7S2. The number of sulfonamides is 1. The van der Waals surface area contributed by atoms with Gasteiger partial charge in [-0.05, 0) is 60.5 Å². The number of thiophene rings is 1. The van der Waals surface area contributed by atoms with Crippen LogP contribution in [0.2, 0.25) is 0 Å². The molecule has 1 amide bonds. The minimum absolute atomic E-state index is 0.0949. The number of nitrogens with two attached hydrogens (primary N) is 1. The van der Waals surface area contributed by atoms with Crippen molar-refractivity contribution >= 4 is 38.9 Å². The smallest absolute Gasteiger partial charge is 0.348 e. The van der Waals surface area contributed by atoms with Gasteiger partial charge in [0.25, 0.3) is 5.91 Å². The van der Waals surface area contributed by atoms with Crippen molar-refractivity contribution in [1.29, 1.82) is 0 Å². The monoisotopic (exact) mass is 488 g/mol. The zero-order valence-corrected chi connectivity index (χ0v) is 19.1. The molecule has 1 aromatic heterocycles. The van der Waals surface area contributed by atoms with Gasteiger partial charge in [0, 0.05) is 10.6 Å². The second-order valence-electron chi connectivity index (χ2n) is 7.17. The van der Waals surface area contributed by atoms with Crippen LogP contribution in [0.25, 0.3) is 10.4 Å². The number of hydrogen-bond donors (Lipinski definition) is 2. The molecule has 0 spiro atoms. The summed E-state index contributed by atoms with van der Waals surface area (Å²) in [7, 11) is -3.93. The lowest BCUT2D eigenvalue weighted by Crippen LogP contribution is -2.21. The molecule has 172 valence electrons. The van der Waals surface area contributed by atoms with Gasteiger partial charge in [-0.2, -0.15) is 0 Å². The zero-order chi connectivity index (χ0) is 23.6. The molecule has 0 saturated carbocycles. The van der Waals surface area contributed by atoms with Crippen LogP contribution in [-0.2, 0) is 19.6 Å². The number of aryl methyl sites for hydroxylation is 1. The fourth-order valence-electron chi connectivity index (χ4n) is 3.18. The van der Waals surface area contributed by atoms with Gasteiger partial charge in [0.2, 0.25) is 10.0 Å². The predicted molar refractivity (Wildman–Crippen MR) is 122 cm³/mol. The van der Waals surface area contributed by atoms with Crippen LogP contribution in [0, 0.1) is 6.92 Å². The Morgan fingerprint density at radius 2 is 1.82 bits per heavy atom. The minimum Gasteiger partial charge on any atom is -0.486 e. The Labute approximate surface area is 194 Å². The molecule has 3 N–H and O–H groups in total. The highest BCUT2D eigenvalue weighted by atomic mass is 32.2. The second kappa shape index (κ2) is 9.22. The third kappa shape index (κ3) is 5.33. The van der Waals surface area contributed by atoms with E-state index in [9.17, 15) is 18.0 Å². The summed E-state index contributed by atoms with van der Waals surface area (Å²) < 4.78 is 39.4. The van der Waals surface area contributed by atoms with Crippen LogP contribution >= 0.6 is 11.3 Å². The van der Waals surface area contributed by atoms with Gasteiger partial charge in [0.05, 0.1) is 4.90 Å². The molecule has 2 heterocycles. The summed E-state index contributed by atoms with van der Waals surface area (Å²) >= 11 is 1.22. The highest BCUT2D eigenvalue weighted by Crippen LogP contribution is 2.37. The quantitative estimate of drug-likeness (QED) is 0.510. The van der Waals surface area contributed by atoms with Gasteiger partial charge in [-0.1, -0.05) is 6.07 Å². The first kappa shape index (κ1) is 22.8. The summed E-state index contributed by atoms with van der Waals surface area (Å²) in [6.45, 7) is 2.04. The number of primary sulfonamides is 1. The van der Waals surface area contributed by atoms with Crippen LogP contribution in [0.3, 0.4) is 0 Å². The number of hydrogen-bond acceptors (Lipinski definition) is 8. The lowest BCUT2D eigenvalue weighted by Gasteiger charge is -2.18. The molecule has 0 saturated heterocycles. The fraction of sp³-hybridized carbons (Fsp3) is 0.182. The summed E-state index contributed by atoms with van der Waals surface area (Å²) in [4.78, 5) is 25.6. The van der Waals surface area contributed by atoms with Gasteiger partial charge in [0.15, 0.2) is 18.1 Å². The van der Waals surface area contributed by atoms with Gasteiger partial charge in [-0.25, -0.2) is 18.4 Å². The number of fused-ring (bicyclic) bond motifs is 1. The number of ether oxygens (including phenoxy) is 3. The van der Waals surface area contributed by atoms with E-state index < -0.39 is 28.5 Å². The number of carbonyl (C=O) groups is 2. The van der Waals surface area contributed by atoms with Crippen LogP contribution in [0.15, 0.2) is 53.4 Å². The Morgan fingerprint density at radius 3 is 2.58 bits per heavy atom. The Balaban J connectivity index is 1.37. The number of benzene rings is 2. The standard InChI is InChI=1S/C22H20N2O7S2/c1-13-2-4-15(11-20(13)33(23,27)28)24-21(25)12-31-22(26)19-7-6-18(32-19)14-3-5-16-17(10-14)30-9-8-29-16/h2-7,10-11H,8-9,12H2,1H3,(H,24,25)(H2,23,27,28). The highest BCUT2D eigenvalue weighted by molar-refractivity contribution is 7.89. The van der Waals surface area contributed by atoms with E-state index in [0.29, 0.717) is 35.2 Å². The molecule has 1 aliphatic heterocycles. The van der Waals surface area contributed by atoms with E-state index in [4.69, 9.17) is 19.3 Å². The van der Waals surface area contributed by atoms with Crippen LogP contribution in [0.5, 0.6) is 11.5 Å². The van der Waals surface area contributed by atoms with Gasteiger partial charge >= 0.3 is 5.97 Å². The molecule has 0 bridgehead atoms. The van der Waals surface area contributed by atoms with Crippen molar-refractivity contribution in [3.8, 4) is 21.9 Å². The number of amides is 1.